The summed E-state index contributed by atoms with van der Waals surface area (Å²) in [6, 6.07) is 11.4. The highest BCUT2D eigenvalue weighted by Gasteiger charge is 2.13. The minimum atomic E-state index is -0.582. The van der Waals surface area contributed by atoms with Gasteiger partial charge >= 0.3 is 5.97 Å². The number of esters is 1. The Bertz CT molecular complexity index is 995. The minimum Gasteiger partial charge on any atom is -0.423 e. The molecule has 0 aliphatic rings. The molecule has 5 nitrogen and oxygen atoms in total. The van der Waals surface area contributed by atoms with Crippen molar-refractivity contribution in [2.24, 2.45) is 5.10 Å². The van der Waals surface area contributed by atoms with Crippen molar-refractivity contribution in [2.75, 3.05) is 0 Å². The second-order valence-corrected chi connectivity index (χ2v) is 10.2. The summed E-state index contributed by atoms with van der Waals surface area (Å²) in [5.41, 5.74) is 3.48. The molecular weight excluding hydrogens is 507 g/mol. The van der Waals surface area contributed by atoms with Crippen molar-refractivity contribution < 1.29 is 14.3 Å². The Morgan fingerprint density at radius 1 is 0.838 bits per heavy atom. The Morgan fingerprint density at radius 2 is 1.46 bits per heavy atom. The zero-order valence-corrected chi connectivity index (χ0v) is 23.5. The van der Waals surface area contributed by atoms with Gasteiger partial charge < -0.3 is 4.74 Å². The number of carbonyl (C=O) groups excluding carboxylic acids is 2. The molecule has 0 bridgehead atoms. The van der Waals surface area contributed by atoms with E-state index in [4.69, 9.17) is 27.9 Å². The van der Waals surface area contributed by atoms with Gasteiger partial charge in [-0.1, -0.05) is 119 Å². The van der Waals surface area contributed by atoms with Gasteiger partial charge in [0, 0.05) is 11.4 Å². The summed E-state index contributed by atoms with van der Waals surface area (Å²) in [7, 11) is 0. The van der Waals surface area contributed by atoms with Crippen LogP contribution in [0, 0.1) is 0 Å². The number of amides is 1. The summed E-state index contributed by atoms with van der Waals surface area (Å²) < 4.78 is 5.40. The van der Waals surface area contributed by atoms with Crippen LogP contribution in [0.1, 0.15) is 113 Å². The van der Waals surface area contributed by atoms with Crippen LogP contribution in [0.5, 0.6) is 5.75 Å². The van der Waals surface area contributed by atoms with Crippen molar-refractivity contribution in [1.82, 2.24) is 5.43 Å². The van der Waals surface area contributed by atoms with Gasteiger partial charge in [0.15, 0.2) is 0 Å². The fourth-order valence-corrected chi connectivity index (χ4v) is 4.50. The topological polar surface area (TPSA) is 67.8 Å². The molecule has 202 valence electrons. The van der Waals surface area contributed by atoms with E-state index in [9.17, 15) is 9.59 Å². The number of hydrazone groups is 1. The molecule has 0 heterocycles. The molecule has 1 amide bonds. The van der Waals surface area contributed by atoms with Crippen LogP contribution in [0.2, 0.25) is 10.0 Å². The van der Waals surface area contributed by atoms with Crippen molar-refractivity contribution in [3.8, 4) is 5.75 Å². The van der Waals surface area contributed by atoms with Crippen LogP contribution in [0.4, 0.5) is 0 Å². The van der Waals surface area contributed by atoms with E-state index < -0.39 is 5.97 Å². The van der Waals surface area contributed by atoms with E-state index in [0.717, 1.165) is 12.8 Å². The lowest BCUT2D eigenvalue weighted by Crippen LogP contribution is -2.16. The molecule has 0 aliphatic heterocycles. The quantitative estimate of drug-likeness (QED) is 0.0665. The minimum absolute atomic E-state index is 0.0979. The fraction of sp³-hybridized carbons (Fsp3) is 0.500. The monoisotopic (exact) mass is 546 g/mol. The highest BCUT2D eigenvalue weighted by atomic mass is 35.5. The zero-order valence-electron chi connectivity index (χ0n) is 21.9. The number of halogens is 2. The van der Waals surface area contributed by atoms with Crippen LogP contribution < -0.4 is 10.2 Å². The molecule has 0 saturated carbocycles. The van der Waals surface area contributed by atoms with Crippen LogP contribution in [0.15, 0.2) is 47.6 Å². The molecule has 2 rings (SSSR count). The number of benzene rings is 2. The Kier molecular flexibility index (Phi) is 15.7. The molecule has 1 N–H and O–H groups in total. The molecule has 37 heavy (non-hydrogen) atoms. The van der Waals surface area contributed by atoms with E-state index in [1.807, 2.05) is 0 Å². The predicted octanol–water partition coefficient (Wildman–Crippen LogP) is 9.14. The van der Waals surface area contributed by atoms with Crippen molar-refractivity contribution in [3.63, 3.8) is 0 Å². The lowest BCUT2D eigenvalue weighted by atomic mass is 10.0. The summed E-state index contributed by atoms with van der Waals surface area (Å²) in [6.45, 7) is 2.26. The first-order valence-electron chi connectivity index (χ1n) is 13.6. The fourth-order valence-electron chi connectivity index (χ4n) is 4.01. The third-order valence-electron chi connectivity index (χ3n) is 6.13. The molecule has 0 radical (unpaired) electrons. The number of unbranched alkanes of at least 4 members (excludes halogenated alkanes) is 12. The molecule has 0 saturated heterocycles. The number of carbonyl (C=O) groups is 2. The van der Waals surface area contributed by atoms with Gasteiger partial charge in [-0.2, -0.15) is 5.10 Å². The largest absolute Gasteiger partial charge is 0.423 e. The van der Waals surface area contributed by atoms with E-state index in [2.05, 4.69) is 17.5 Å². The van der Waals surface area contributed by atoms with Crippen LogP contribution in [-0.4, -0.2) is 18.1 Å². The van der Waals surface area contributed by atoms with E-state index in [1.165, 1.54) is 89.0 Å². The van der Waals surface area contributed by atoms with Gasteiger partial charge in [-0.15, -0.1) is 0 Å². The Balaban J connectivity index is 1.57. The molecule has 0 unspecified atom stereocenters. The summed E-state index contributed by atoms with van der Waals surface area (Å²) in [5, 5.41) is 4.69. The van der Waals surface area contributed by atoms with E-state index in [-0.39, 0.29) is 16.5 Å². The Morgan fingerprint density at radius 3 is 2.08 bits per heavy atom. The highest BCUT2D eigenvalue weighted by molar-refractivity contribution is 6.36. The second kappa shape index (κ2) is 18.8. The van der Waals surface area contributed by atoms with Crippen molar-refractivity contribution in [1.29, 1.82) is 0 Å². The summed E-state index contributed by atoms with van der Waals surface area (Å²) in [6.07, 6.45) is 18.6. The van der Waals surface area contributed by atoms with E-state index >= 15 is 0 Å². The molecule has 2 aromatic rings. The van der Waals surface area contributed by atoms with E-state index in [0.29, 0.717) is 22.8 Å². The lowest BCUT2D eigenvalue weighted by Gasteiger charge is -2.07. The smallest absolute Gasteiger partial charge is 0.345 e. The molecular formula is C30H40Cl2N2O3. The SMILES string of the molecule is CCCCCCCCCCCCCCCC(=O)N/N=C/c1cccc(OC(=O)c2ccc(Cl)cc2Cl)c1. The van der Waals surface area contributed by atoms with Crippen molar-refractivity contribution >= 4 is 41.3 Å². The van der Waals surface area contributed by atoms with Gasteiger partial charge in [-0.3, -0.25) is 4.79 Å². The first-order chi connectivity index (χ1) is 18.0. The third-order valence-corrected chi connectivity index (χ3v) is 6.68. The normalized spacial score (nSPS) is 11.1. The van der Waals surface area contributed by atoms with Gasteiger partial charge in [0.05, 0.1) is 16.8 Å². The number of ether oxygens (including phenoxy) is 1. The van der Waals surface area contributed by atoms with Crippen LogP contribution in [0.25, 0.3) is 0 Å². The standard InChI is InChI=1S/C30H40Cl2N2O3/c1-2-3-4-5-6-7-8-9-10-11-12-13-14-18-29(35)34-33-23-24-16-15-17-26(21-24)37-30(36)27-20-19-25(31)22-28(27)32/h15-17,19-23H,2-14,18H2,1H3,(H,34,35)/b33-23+. The van der Waals surface area contributed by atoms with Crippen LogP contribution in [-0.2, 0) is 4.79 Å². The average Bonchev–Trinajstić information content (AvgIpc) is 2.87. The van der Waals surface area contributed by atoms with Gasteiger partial charge in [0.2, 0.25) is 5.91 Å². The lowest BCUT2D eigenvalue weighted by molar-refractivity contribution is -0.121. The summed E-state index contributed by atoms with van der Waals surface area (Å²) in [4.78, 5) is 24.4. The summed E-state index contributed by atoms with van der Waals surface area (Å²) in [5.74, 6) is -0.334. The number of rotatable bonds is 18. The molecule has 0 aromatic heterocycles. The van der Waals surface area contributed by atoms with Gasteiger partial charge in [-0.05, 0) is 42.3 Å². The zero-order chi connectivity index (χ0) is 26.7. The van der Waals surface area contributed by atoms with Crippen LogP contribution >= 0.6 is 23.2 Å². The van der Waals surface area contributed by atoms with Gasteiger partial charge in [-0.25, -0.2) is 10.2 Å². The second-order valence-electron chi connectivity index (χ2n) is 9.37. The number of hydrogen-bond donors (Lipinski definition) is 1. The van der Waals surface area contributed by atoms with Crippen LogP contribution in [0.3, 0.4) is 0 Å². The molecule has 7 heteroatoms. The van der Waals surface area contributed by atoms with E-state index in [1.54, 1.807) is 30.3 Å². The number of hydrogen-bond acceptors (Lipinski definition) is 4. The highest BCUT2D eigenvalue weighted by Crippen LogP contribution is 2.23. The van der Waals surface area contributed by atoms with Gasteiger partial charge in [0.25, 0.3) is 0 Å². The first kappa shape index (κ1) is 30.9. The molecule has 0 fully saturated rings. The Hall–Kier alpha value is -2.37. The van der Waals surface area contributed by atoms with Crippen molar-refractivity contribution in [2.45, 2.75) is 96.8 Å². The predicted molar refractivity (Wildman–Crippen MR) is 154 cm³/mol. The first-order valence-corrected chi connectivity index (χ1v) is 14.3. The Labute approximate surface area is 232 Å². The van der Waals surface area contributed by atoms with Crippen molar-refractivity contribution in [3.05, 3.63) is 63.6 Å². The summed E-state index contributed by atoms with van der Waals surface area (Å²) >= 11 is 11.9. The van der Waals surface area contributed by atoms with Gasteiger partial charge in [0.1, 0.15) is 5.75 Å². The number of nitrogens with one attached hydrogen (secondary N) is 1. The molecule has 0 atom stereocenters. The maximum Gasteiger partial charge on any atom is 0.345 e. The number of nitrogens with zero attached hydrogens (tertiary/aromatic N) is 1. The maximum atomic E-state index is 12.4. The molecule has 0 spiro atoms. The molecule has 2 aromatic carbocycles. The molecule has 0 aliphatic carbocycles. The average molecular weight is 548 g/mol. The third kappa shape index (κ3) is 13.7. The maximum absolute atomic E-state index is 12.4.